The van der Waals surface area contributed by atoms with Crippen molar-refractivity contribution >= 4 is 16.8 Å². The third-order valence-electron chi connectivity index (χ3n) is 5.94. The number of nitrogens with zero attached hydrogens (tertiary/aromatic N) is 2. The summed E-state index contributed by atoms with van der Waals surface area (Å²) in [6, 6.07) is 8.67. The maximum absolute atomic E-state index is 12.9. The molecule has 3 unspecified atom stereocenters. The minimum Gasteiger partial charge on any atom is -0.373 e. The fourth-order valence-electron chi connectivity index (χ4n) is 4.81. The van der Waals surface area contributed by atoms with Gasteiger partial charge in [0.1, 0.15) is 0 Å². The van der Waals surface area contributed by atoms with Crippen LogP contribution in [0, 0.1) is 0 Å². The zero-order valence-corrected chi connectivity index (χ0v) is 16.5. The van der Waals surface area contributed by atoms with Crippen LogP contribution in [0.3, 0.4) is 0 Å². The molecule has 0 saturated carbocycles. The third-order valence-corrected chi connectivity index (χ3v) is 5.94. The molecule has 1 N–H and O–H groups in total. The second-order valence-electron chi connectivity index (χ2n) is 8.22. The summed E-state index contributed by atoms with van der Waals surface area (Å²) in [5.74, 6) is 0.303. The summed E-state index contributed by atoms with van der Waals surface area (Å²) in [6.07, 6.45) is 6.25. The molecule has 2 aromatic rings. The molecule has 1 amide bonds. The first kappa shape index (κ1) is 18.5. The predicted octanol–water partition coefficient (Wildman–Crippen LogP) is 3.20. The number of benzene rings is 1. The first-order valence-corrected chi connectivity index (χ1v) is 10.3. The van der Waals surface area contributed by atoms with Crippen LogP contribution in [-0.2, 0) is 16.0 Å². The van der Waals surface area contributed by atoms with Crippen LogP contribution < -0.4 is 0 Å². The molecule has 3 heterocycles. The van der Waals surface area contributed by atoms with E-state index in [2.05, 4.69) is 53.0 Å². The van der Waals surface area contributed by atoms with E-state index >= 15 is 0 Å². The molecule has 3 atom stereocenters. The Labute approximate surface area is 161 Å². The van der Waals surface area contributed by atoms with Gasteiger partial charge in [-0.1, -0.05) is 18.2 Å². The number of morpholine rings is 1. The molecule has 0 aliphatic carbocycles. The molecule has 5 heteroatoms. The van der Waals surface area contributed by atoms with Crippen molar-refractivity contribution in [1.82, 2.24) is 14.8 Å². The van der Waals surface area contributed by atoms with Crippen molar-refractivity contribution in [1.29, 1.82) is 0 Å². The Morgan fingerprint density at radius 2 is 2.00 bits per heavy atom. The maximum Gasteiger partial charge on any atom is 0.223 e. The third kappa shape index (κ3) is 4.19. The van der Waals surface area contributed by atoms with Crippen LogP contribution in [-0.4, -0.2) is 65.1 Å². The van der Waals surface area contributed by atoms with Crippen molar-refractivity contribution in [2.45, 2.75) is 57.8 Å². The van der Waals surface area contributed by atoms with Crippen LogP contribution in [0.15, 0.2) is 30.5 Å². The SMILES string of the molecule is CC1CN(CC2CCCN2C(=O)CCc2c[nH]c3ccccc23)CC(C)O1. The van der Waals surface area contributed by atoms with Crippen LogP contribution in [0.2, 0.25) is 0 Å². The molecular formula is C22H31N3O2. The number of hydrogen-bond donors (Lipinski definition) is 1. The topological polar surface area (TPSA) is 48.6 Å². The first-order chi connectivity index (χ1) is 13.1. The number of aryl methyl sites for hydroxylation is 1. The largest absolute Gasteiger partial charge is 0.373 e. The number of ether oxygens (including phenoxy) is 1. The average molecular weight is 370 g/mol. The second-order valence-corrected chi connectivity index (χ2v) is 8.22. The van der Waals surface area contributed by atoms with Crippen LogP contribution >= 0.6 is 0 Å². The number of H-pyrrole nitrogens is 1. The van der Waals surface area contributed by atoms with Crippen LogP contribution in [0.1, 0.15) is 38.7 Å². The molecule has 146 valence electrons. The van der Waals surface area contributed by atoms with E-state index in [1.54, 1.807) is 0 Å². The van der Waals surface area contributed by atoms with Gasteiger partial charge in [0.25, 0.3) is 0 Å². The number of aromatic amines is 1. The molecule has 2 aliphatic heterocycles. The van der Waals surface area contributed by atoms with Gasteiger partial charge in [0.05, 0.1) is 12.2 Å². The van der Waals surface area contributed by atoms with Crippen molar-refractivity contribution in [3.05, 3.63) is 36.0 Å². The highest BCUT2D eigenvalue weighted by Crippen LogP contribution is 2.23. The Hall–Kier alpha value is -1.85. The summed E-state index contributed by atoms with van der Waals surface area (Å²) < 4.78 is 5.85. The van der Waals surface area contributed by atoms with E-state index in [0.717, 1.165) is 51.0 Å². The molecule has 0 bridgehead atoms. The van der Waals surface area contributed by atoms with Crippen molar-refractivity contribution in [3.63, 3.8) is 0 Å². The van der Waals surface area contributed by atoms with E-state index in [1.165, 1.54) is 10.9 Å². The fourth-order valence-corrected chi connectivity index (χ4v) is 4.81. The van der Waals surface area contributed by atoms with E-state index < -0.39 is 0 Å². The standard InChI is InChI=1S/C22H31N3O2/c1-16-13-24(14-17(2)27-16)15-19-6-5-11-25(19)22(26)10-9-18-12-23-21-8-4-3-7-20(18)21/h3-4,7-8,12,16-17,19,23H,5-6,9-11,13-15H2,1-2H3. The van der Waals surface area contributed by atoms with E-state index in [9.17, 15) is 4.79 Å². The zero-order valence-electron chi connectivity index (χ0n) is 16.5. The molecule has 2 saturated heterocycles. The highest BCUT2D eigenvalue weighted by atomic mass is 16.5. The second kappa shape index (κ2) is 8.03. The number of amides is 1. The lowest BCUT2D eigenvalue weighted by atomic mass is 10.1. The maximum atomic E-state index is 12.9. The summed E-state index contributed by atoms with van der Waals surface area (Å²) >= 11 is 0. The van der Waals surface area contributed by atoms with Crippen molar-refractivity contribution in [2.24, 2.45) is 0 Å². The van der Waals surface area contributed by atoms with Gasteiger partial charge in [0.2, 0.25) is 5.91 Å². The Kier molecular flexibility index (Phi) is 5.50. The number of fused-ring (bicyclic) bond motifs is 1. The Balaban J connectivity index is 1.35. The van der Waals surface area contributed by atoms with Gasteiger partial charge in [-0.2, -0.15) is 0 Å². The van der Waals surface area contributed by atoms with Crippen molar-refractivity contribution in [2.75, 3.05) is 26.2 Å². The molecule has 0 radical (unpaired) electrons. The molecule has 5 nitrogen and oxygen atoms in total. The van der Waals surface area contributed by atoms with E-state index in [4.69, 9.17) is 4.74 Å². The van der Waals surface area contributed by atoms with Gasteiger partial charge in [-0.3, -0.25) is 9.69 Å². The number of rotatable bonds is 5. The lowest BCUT2D eigenvalue weighted by molar-refractivity contribution is -0.133. The highest BCUT2D eigenvalue weighted by Gasteiger charge is 2.32. The summed E-state index contributed by atoms with van der Waals surface area (Å²) in [5, 5.41) is 1.24. The molecule has 27 heavy (non-hydrogen) atoms. The molecule has 2 aliphatic rings. The number of carbonyl (C=O) groups excluding carboxylic acids is 1. The van der Waals surface area contributed by atoms with Gasteiger partial charge in [0.15, 0.2) is 0 Å². The molecule has 1 aromatic carbocycles. The predicted molar refractivity (Wildman–Crippen MR) is 108 cm³/mol. The number of nitrogens with one attached hydrogen (secondary N) is 1. The minimum absolute atomic E-state index is 0.279. The number of para-hydroxylation sites is 1. The quantitative estimate of drug-likeness (QED) is 0.880. The zero-order chi connectivity index (χ0) is 18.8. The summed E-state index contributed by atoms with van der Waals surface area (Å²) in [6.45, 7) is 8.11. The van der Waals surface area contributed by atoms with Crippen LogP contribution in [0.4, 0.5) is 0 Å². The fraction of sp³-hybridized carbons (Fsp3) is 0.591. The first-order valence-electron chi connectivity index (χ1n) is 10.3. The Bertz CT molecular complexity index is 777. The summed E-state index contributed by atoms with van der Waals surface area (Å²) in [4.78, 5) is 20.9. The summed E-state index contributed by atoms with van der Waals surface area (Å²) in [5.41, 5.74) is 2.39. The number of aromatic nitrogens is 1. The molecule has 1 aromatic heterocycles. The molecule has 0 spiro atoms. The van der Waals surface area contributed by atoms with Gasteiger partial charge in [-0.15, -0.1) is 0 Å². The minimum atomic E-state index is 0.279. The van der Waals surface area contributed by atoms with Crippen molar-refractivity contribution in [3.8, 4) is 0 Å². The van der Waals surface area contributed by atoms with Gasteiger partial charge in [-0.05, 0) is 44.7 Å². The normalized spacial score (nSPS) is 26.7. The molecule has 2 fully saturated rings. The number of hydrogen-bond acceptors (Lipinski definition) is 3. The number of carbonyl (C=O) groups is 1. The molecular weight excluding hydrogens is 338 g/mol. The Morgan fingerprint density at radius 1 is 1.22 bits per heavy atom. The van der Waals surface area contributed by atoms with E-state index in [1.807, 2.05) is 6.07 Å². The van der Waals surface area contributed by atoms with E-state index in [-0.39, 0.29) is 12.2 Å². The lowest BCUT2D eigenvalue weighted by Gasteiger charge is -2.38. The van der Waals surface area contributed by atoms with Crippen LogP contribution in [0.5, 0.6) is 0 Å². The molecule has 4 rings (SSSR count). The van der Waals surface area contributed by atoms with E-state index in [0.29, 0.717) is 18.4 Å². The van der Waals surface area contributed by atoms with Gasteiger partial charge >= 0.3 is 0 Å². The number of likely N-dealkylation sites (tertiary alicyclic amines) is 1. The van der Waals surface area contributed by atoms with Gasteiger partial charge in [0, 0.05) is 55.7 Å². The Morgan fingerprint density at radius 3 is 2.81 bits per heavy atom. The smallest absolute Gasteiger partial charge is 0.223 e. The van der Waals surface area contributed by atoms with Crippen molar-refractivity contribution < 1.29 is 9.53 Å². The lowest BCUT2D eigenvalue weighted by Crippen LogP contribution is -2.50. The van der Waals surface area contributed by atoms with Gasteiger partial charge < -0.3 is 14.6 Å². The van der Waals surface area contributed by atoms with Gasteiger partial charge in [-0.25, -0.2) is 0 Å². The summed E-state index contributed by atoms with van der Waals surface area (Å²) in [7, 11) is 0. The average Bonchev–Trinajstić information content (AvgIpc) is 3.26. The monoisotopic (exact) mass is 369 g/mol. The highest BCUT2D eigenvalue weighted by molar-refractivity contribution is 5.84. The van der Waals surface area contributed by atoms with Crippen LogP contribution in [0.25, 0.3) is 10.9 Å².